The molecule has 0 aliphatic carbocycles. The third-order valence-electron chi connectivity index (χ3n) is 5.98. The Morgan fingerprint density at radius 2 is 1.53 bits per heavy atom. The normalized spacial score (nSPS) is 10.8. The number of hydrogen-bond acceptors (Lipinski definition) is 5. The van der Waals surface area contributed by atoms with Crippen molar-refractivity contribution in [2.45, 2.75) is 25.5 Å². The van der Waals surface area contributed by atoms with E-state index >= 15 is 0 Å². The van der Waals surface area contributed by atoms with Crippen LogP contribution in [0, 0.1) is 6.92 Å². The number of aromatic nitrogens is 2. The average molecular weight is 502 g/mol. The lowest BCUT2D eigenvalue weighted by atomic mass is 10.0. The second-order valence-corrected chi connectivity index (χ2v) is 9.27. The minimum atomic E-state index is -0.0506. The van der Waals surface area contributed by atoms with Crippen LogP contribution < -0.4 is 14.8 Å². The fourth-order valence-corrected chi connectivity index (χ4v) is 4.98. The average Bonchev–Trinajstić information content (AvgIpc) is 3.29. The number of methoxy groups -OCH3 is 2. The number of thioether (sulfide) groups is 1. The Morgan fingerprint density at radius 1 is 0.917 bits per heavy atom. The molecular weight excluding hydrogens is 470 g/mol. The highest BCUT2D eigenvalue weighted by Crippen LogP contribution is 2.37. The first-order valence-electron chi connectivity index (χ1n) is 11.9. The zero-order valence-electron chi connectivity index (χ0n) is 21.1. The zero-order valence-corrected chi connectivity index (χ0v) is 21.9. The Hall–Kier alpha value is -3.71. The van der Waals surface area contributed by atoms with Gasteiger partial charge in [0.1, 0.15) is 11.5 Å². The van der Waals surface area contributed by atoms with E-state index in [4.69, 9.17) is 14.5 Å². The number of nitrogens with one attached hydrogen (secondary N) is 1. The predicted octanol–water partition coefficient (Wildman–Crippen LogP) is 6.08. The first-order valence-corrected chi connectivity index (χ1v) is 12.9. The minimum absolute atomic E-state index is 0.0506. The van der Waals surface area contributed by atoms with Crippen LogP contribution in [-0.2, 0) is 6.54 Å². The van der Waals surface area contributed by atoms with Crippen molar-refractivity contribution in [3.8, 4) is 34.0 Å². The standard InChI is InChI=1S/C29H31N3O3S/c1-5-32-27(22-12-16-24(35-4)17-13-22)26(21-10-14-23(34-3)15-11-21)31-29(32)36-19-18-30-28(33)25-9-7-6-8-20(25)2/h6-17H,5,18-19H2,1-4H3,(H,30,33). The second-order valence-electron chi connectivity index (χ2n) is 8.21. The Bertz CT molecular complexity index is 1310. The number of aryl methyl sites for hydroxylation is 1. The largest absolute Gasteiger partial charge is 0.497 e. The molecule has 0 aliphatic heterocycles. The molecule has 0 atom stereocenters. The first-order chi connectivity index (χ1) is 17.5. The molecule has 4 aromatic rings. The van der Waals surface area contributed by atoms with Crippen LogP contribution in [0.15, 0.2) is 78.0 Å². The molecule has 3 aromatic carbocycles. The maximum Gasteiger partial charge on any atom is 0.251 e. The summed E-state index contributed by atoms with van der Waals surface area (Å²) in [6, 6.07) is 23.6. The molecule has 0 spiro atoms. The summed E-state index contributed by atoms with van der Waals surface area (Å²) in [6.45, 7) is 5.38. The van der Waals surface area contributed by atoms with Gasteiger partial charge in [0.15, 0.2) is 5.16 Å². The predicted molar refractivity (Wildman–Crippen MR) is 146 cm³/mol. The summed E-state index contributed by atoms with van der Waals surface area (Å²) in [4.78, 5) is 17.6. The molecule has 0 bridgehead atoms. The third-order valence-corrected chi connectivity index (χ3v) is 6.96. The molecule has 7 heteroatoms. The summed E-state index contributed by atoms with van der Waals surface area (Å²) in [5, 5.41) is 3.95. The molecule has 0 saturated heterocycles. The monoisotopic (exact) mass is 501 g/mol. The number of rotatable bonds is 10. The highest BCUT2D eigenvalue weighted by Gasteiger charge is 2.20. The quantitative estimate of drug-likeness (QED) is 0.211. The molecule has 0 aliphatic rings. The van der Waals surface area contributed by atoms with Gasteiger partial charge in [-0.2, -0.15) is 0 Å². The SMILES string of the molecule is CCn1c(SCCNC(=O)c2ccccc2C)nc(-c2ccc(OC)cc2)c1-c1ccc(OC)cc1. The van der Waals surface area contributed by atoms with Crippen LogP contribution in [0.2, 0.25) is 0 Å². The molecule has 0 fully saturated rings. The van der Waals surface area contributed by atoms with E-state index < -0.39 is 0 Å². The van der Waals surface area contributed by atoms with Crippen LogP contribution in [0.5, 0.6) is 11.5 Å². The van der Waals surface area contributed by atoms with Gasteiger partial charge in [0, 0.05) is 35.5 Å². The molecule has 1 amide bonds. The van der Waals surface area contributed by atoms with E-state index in [1.807, 2.05) is 67.6 Å². The highest BCUT2D eigenvalue weighted by molar-refractivity contribution is 7.99. The van der Waals surface area contributed by atoms with Crippen molar-refractivity contribution in [2.24, 2.45) is 0 Å². The van der Waals surface area contributed by atoms with Crippen molar-refractivity contribution in [2.75, 3.05) is 26.5 Å². The number of carbonyl (C=O) groups excluding carboxylic acids is 1. The fraction of sp³-hybridized carbons (Fsp3) is 0.241. The third kappa shape index (κ3) is 5.57. The van der Waals surface area contributed by atoms with Crippen LogP contribution >= 0.6 is 11.8 Å². The van der Waals surface area contributed by atoms with Crippen LogP contribution in [0.1, 0.15) is 22.8 Å². The molecular formula is C29H31N3O3S. The van der Waals surface area contributed by atoms with Gasteiger partial charge >= 0.3 is 0 Å². The summed E-state index contributed by atoms with van der Waals surface area (Å²) in [7, 11) is 3.33. The maximum absolute atomic E-state index is 12.6. The van der Waals surface area contributed by atoms with Gasteiger partial charge in [-0.25, -0.2) is 4.98 Å². The van der Waals surface area contributed by atoms with Gasteiger partial charge in [-0.05, 0) is 74.0 Å². The lowest BCUT2D eigenvalue weighted by Gasteiger charge is -2.12. The highest BCUT2D eigenvalue weighted by atomic mass is 32.2. The van der Waals surface area contributed by atoms with E-state index in [9.17, 15) is 4.79 Å². The zero-order chi connectivity index (χ0) is 25.5. The van der Waals surface area contributed by atoms with Crippen molar-refractivity contribution in [1.29, 1.82) is 0 Å². The number of carbonyl (C=O) groups is 1. The molecule has 0 radical (unpaired) electrons. The Kier molecular flexibility index (Phi) is 8.33. The number of nitrogens with zero attached hydrogens (tertiary/aromatic N) is 2. The summed E-state index contributed by atoms with van der Waals surface area (Å²) < 4.78 is 12.9. The molecule has 1 heterocycles. The van der Waals surface area contributed by atoms with E-state index in [-0.39, 0.29) is 5.91 Å². The molecule has 36 heavy (non-hydrogen) atoms. The van der Waals surface area contributed by atoms with Gasteiger partial charge in [0.05, 0.1) is 25.6 Å². The molecule has 1 aromatic heterocycles. The Balaban J connectivity index is 1.59. The summed E-state index contributed by atoms with van der Waals surface area (Å²) >= 11 is 1.64. The van der Waals surface area contributed by atoms with Gasteiger partial charge in [-0.3, -0.25) is 4.79 Å². The Morgan fingerprint density at radius 3 is 2.11 bits per heavy atom. The summed E-state index contributed by atoms with van der Waals surface area (Å²) in [5.74, 6) is 2.27. The Labute approximate surface area is 216 Å². The molecule has 0 saturated carbocycles. The minimum Gasteiger partial charge on any atom is -0.497 e. The number of benzene rings is 3. The van der Waals surface area contributed by atoms with Gasteiger partial charge in [-0.15, -0.1) is 0 Å². The van der Waals surface area contributed by atoms with Crippen LogP contribution in [0.25, 0.3) is 22.5 Å². The van der Waals surface area contributed by atoms with Crippen LogP contribution in [-0.4, -0.2) is 42.0 Å². The number of hydrogen-bond donors (Lipinski definition) is 1. The van der Waals surface area contributed by atoms with Crippen molar-refractivity contribution in [3.63, 3.8) is 0 Å². The van der Waals surface area contributed by atoms with Gasteiger partial charge < -0.3 is 19.4 Å². The molecule has 0 unspecified atom stereocenters. The van der Waals surface area contributed by atoms with Gasteiger partial charge in [-0.1, -0.05) is 30.0 Å². The van der Waals surface area contributed by atoms with E-state index in [0.29, 0.717) is 17.9 Å². The molecule has 6 nitrogen and oxygen atoms in total. The van der Waals surface area contributed by atoms with Crippen molar-refractivity contribution in [1.82, 2.24) is 14.9 Å². The van der Waals surface area contributed by atoms with Crippen LogP contribution in [0.4, 0.5) is 0 Å². The topological polar surface area (TPSA) is 65.4 Å². The number of amides is 1. The van der Waals surface area contributed by atoms with Gasteiger partial charge in [0.2, 0.25) is 0 Å². The van der Waals surface area contributed by atoms with E-state index in [0.717, 1.165) is 51.3 Å². The van der Waals surface area contributed by atoms with Crippen LogP contribution in [0.3, 0.4) is 0 Å². The maximum atomic E-state index is 12.6. The number of imidazole rings is 1. The number of ether oxygens (including phenoxy) is 2. The molecule has 1 N–H and O–H groups in total. The van der Waals surface area contributed by atoms with E-state index in [1.165, 1.54) is 0 Å². The fourth-order valence-electron chi connectivity index (χ4n) is 4.06. The molecule has 4 rings (SSSR count). The molecule has 186 valence electrons. The van der Waals surface area contributed by atoms with Crippen molar-refractivity contribution >= 4 is 17.7 Å². The van der Waals surface area contributed by atoms with Gasteiger partial charge in [0.25, 0.3) is 5.91 Å². The lowest BCUT2D eigenvalue weighted by molar-refractivity contribution is 0.0955. The summed E-state index contributed by atoms with van der Waals surface area (Å²) in [5.41, 5.74) is 5.73. The van der Waals surface area contributed by atoms with E-state index in [1.54, 1.807) is 26.0 Å². The van der Waals surface area contributed by atoms with Crippen molar-refractivity contribution < 1.29 is 14.3 Å². The second kappa shape index (κ2) is 11.8. The van der Waals surface area contributed by atoms with E-state index in [2.05, 4.69) is 28.9 Å². The lowest BCUT2D eigenvalue weighted by Crippen LogP contribution is -2.26. The van der Waals surface area contributed by atoms with Crippen molar-refractivity contribution in [3.05, 3.63) is 83.9 Å². The smallest absolute Gasteiger partial charge is 0.251 e. The summed E-state index contributed by atoms with van der Waals surface area (Å²) in [6.07, 6.45) is 0. The first kappa shape index (κ1) is 25.4.